The molecular weight excluding hydrogens is 390 g/mol. The Hall–Kier alpha value is -4.33. The van der Waals surface area contributed by atoms with Crippen molar-refractivity contribution in [2.45, 2.75) is 0 Å². The van der Waals surface area contributed by atoms with Crippen molar-refractivity contribution < 1.29 is 29.0 Å². The highest BCUT2D eigenvalue weighted by molar-refractivity contribution is 6.15. The van der Waals surface area contributed by atoms with E-state index in [1.165, 1.54) is 19.2 Å². The molecule has 8 heteroatoms. The second kappa shape index (κ2) is 9.24. The zero-order valence-corrected chi connectivity index (χ0v) is 15.8. The Morgan fingerprint density at radius 2 is 1.60 bits per heavy atom. The second-order valence-corrected chi connectivity index (χ2v) is 6.00. The van der Waals surface area contributed by atoms with Crippen molar-refractivity contribution in [3.05, 3.63) is 94.7 Å². The van der Waals surface area contributed by atoms with Crippen LogP contribution in [0.25, 0.3) is 5.57 Å². The first-order valence-electron chi connectivity index (χ1n) is 8.74. The molecule has 0 amide bonds. The van der Waals surface area contributed by atoms with Gasteiger partial charge in [0.05, 0.1) is 18.3 Å². The van der Waals surface area contributed by atoms with Crippen LogP contribution in [0.2, 0.25) is 0 Å². The molecule has 0 saturated heterocycles. The van der Waals surface area contributed by atoms with Crippen molar-refractivity contribution in [1.29, 1.82) is 0 Å². The Bertz CT molecular complexity index is 1090. The van der Waals surface area contributed by atoms with Crippen LogP contribution in [0, 0.1) is 10.1 Å². The first-order valence-corrected chi connectivity index (χ1v) is 8.74. The van der Waals surface area contributed by atoms with Crippen LogP contribution in [0.4, 0.5) is 5.69 Å². The second-order valence-electron chi connectivity index (χ2n) is 6.00. The van der Waals surface area contributed by atoms with E-state index in [0.717, 1.165) is 6.26 Å². The van der Waals surface area contributed by atoms with E-state index in [4.69, 9.17) is 14.2 Å². The number of para-hydroxylation sites is 2. The number of nitrogens with zero attached hydrogens (tertiary/aromatic N) is 1. The molecule has 1 N–H and O–H groups in total. The van der Waals surface area contributed by atoms with E-state index in [2.05, 4.69) is 0 Å². The largest absolute Gasteiger partial charge is 0.503 e. The fourth-order valence-corrected chi connectivity index (χ4v) is 2.62. The monoisotopic (exact) mass is 407 g/mol. The van der Waals surface area contributed by atoms with Crippen LogP contribution >= 0.6 is 0 Å². The number of carboxylic acid groups (broad SMARTS) is 1. The van der Waals surface area contributed by atoms with Crippen LogP contribution in [0.15, 0.2) is 79.1 Å². The molecular formula is C22H17NO7. The van der Waals surface area contributed by atoms with Crippen molar-refractivity contribution in [2.24, 2.45) is 0 Å². The van der Waals surface area contributed by atoms with E-state index in [0.29, 0.717) is 22.8 Å². The SMILES string of the molecule is CO/C=C(/C(=O)O)c1cccc(Oc2ccc(Oc3ccccc3[N+](=O)[O-])cc2)c1. The van der Waals surface area contributed by atoms with Crippen molar-refractivity contribution in [3.8, 4) is 23.0 Å². The van der Waals surface area contributed by atoms with Crippen LogP contribution in [-0.2, 0) is 9.53 Å². The van der Waals surface area contributed by atoms with E-state index in [1.807, 2.05) is 0 Å². The van der Waals surface area contributed by atoms with Crippen LogP contribution < -0.4 is 9.47 Å². The first-order chi connectivity index (χ1) is 14.5. The number of hydrogen-bond donors (Lipinski definition) is 1. The lowest BCUT2D eigenvalue weighted by molar-refractivity contribution is -0.385. The maximum atomic E-state index is 11.4. The van der Waals surface area contributed by atoms with Gasteiger partial charge in [-0.2, -0.15) is 0 Å². The zero-order chi connectivity index (χ0) is 21.5. The Morgan fingerprint density at radius 1 is 0.933 bits per heavy atom. The van der Waals surface area contributed by atoms with E-state index in [1.54, 1.807) is 60.7 Å². The lowest BCUT2D eigenvalue weighted by Gasteiger charge is -2.10. The number of rotatable bonds is 8. The molecule has 0 radical (unpaired) electrons. The van der Waals surface area contributed by atoms with Gasteiger partial charge in [0, 0.05) is 6.07 Å². The lowest BCUT2D eigenvalue weighted by Crippen LogP contribution is -2.00. The van der Waals surface area contributed by atoms with Gasteiger partial charge in [-0.15, -0.1) is 0 Å². The molecule has 3 rings (SSSR count). The summed E-state index contributed by atoms with van der Waals surface area (Å²) in [4.78, 5) is 21.9. The molecule has 0 saturated carbocycles. The Balaban J connectivity index is 1.75. The molecule has 0 aliphatic carbocycles. The lowest BCUT2D eigenvalue weighted by atomic mass is 10.1. The topological polar surface area (TPSA) is 108 Å². The highest BCUT2D eigenvalue weighted by Gasteiger charge is 2.15. The minimum Gasteiger partial charge on any atom is -0.503 e. The summed E-state index contributed by atoms with van der Waals surface area (Å²) in [5, 5.41) is 20.4. The normalized spacial score (nSPS) is 10.9. The van der Waals surface area contributed by atoms with E-state index in [-0.39, 0.29) is 17.0 Å². The third-order valence-corrected chi connectivity index (χ3v) is 3.96. The first kappa shape index (κ1) is 20.4. The smallest absolute Gasteiger partial charge is 0.339 e. The molecule has 0 unspecified atom stereocenters. The predicted molar refractivity (Wildman–Crippen MR) is 109 cm³/mol. The van der Waals surface area contributed by atoms with Crippen molar-refractivity contribution in [2.75, 3.05) is 7.11 Å². The van der Waals surface area contributed by atoms with Crippen LogP contribution in [-0.4, -0.2) is 23.1 Å². The predicted octanol–water partition coefficient (Wildman–Crippen LogP) is 5.25. The van der Waals surface area contributed by atoms with Crippen LogP contribution in [0.1, 0.15) is 5.56 Å². The molecule has 0 heterocycles. The standard InChI is InChI=1S/C22H17NO7/c1-28-14-19(22(24)25)15-5-4-6-18(13-15)29-16-9-11-17(12-10-16)30-21-8-3-2-7-20(21)23(26)27/h2-14H,1H3,(H,24,25)/b19-14+. The number of methoxy groups -OCH3 is 1. The summed E-state index contributed by atoms with van der Waals surface area (Å²) in [7, 11) is 1.37. The van der Waals surface area contributed by atoms with Gasteiger partial charge in [0.1, 0.15) is 22.8 Å². The highest BCUT2D eigenvalue weighted by Crippen LogP contribution is 2.32. The molecule has 0 spiro atoms. The average molecular weight is 407 g/mol. The number of hydrogen-bond acceptors (Lipinski definition) is 6. The fourth-order valence-electron chi connectivity index (χ4n) is 2.62. The maximum Gasteiger partial charge on any atom is 0.339 e. The summed E-state index contributed by atoms with van der Waals surface area (Å²) in [6.45, 7) is 0. The van der Waals surface area contributed by atoms with E-state index in [9.17, 15) is 20.0 Å². The van der Waals surface area contributed by atoms with Crippen molar-refractivity contribution in [3.63, 3.8) is 0 Å². The van der Waals surface area contributed by atoms with Gasteiger partial charge in [-0.1, -0.05) is 24.3 Å². The summed E-state index contributed by atoms with van der Waals surface area (Å²) in [5.41, 5.74) is 0.294. The Kier molecular flexibility index (Phi) is 6.29. The summed E-state index contributed by atoms with van der Waals surface area (Å²) in [5.74, 6) is 0.333. The Morgan fingerprint density at radius 3 is 2.23 bits per heavy atom. The highest BCUT2D eigenvalue weighted by atomic mass is 16.6. The van der Waals surface area contributed by atoms with Gasteiger partial charge >= 0.3 is 11.7 Å². The number of nitro groups is 1. The molecule has 8 nitrogen and oxygen atoms in total. The number of carboxylic acids is 1. The summed E-state index contributed by atoms with van der Waals surface area (Å²) in [6.07, 6.45) is 1.15. The van der Waals surface area contributed by atoms with Gasteiger partial charge in [0.25, 0.3) is 0 Å². The van der Waals surface area contributed by atoms with E-state index < -0.39 is 10.9 Å². The molecule has 0 aliphatic rings. The molecule has 3 aromatic carbocycles. The zero-order valence-electron chi connectivity index (χ0n) is 15.8. The molecule has 0 aliphatic heterocycles. The van der Waals surface area contributed by atoms with Crippen LogP contribution in [0.3, 0.4) is 0 Å². The average Bonchev–Trinajstić information content (AvgIpc) is 2.73. The van der Waals surface area contributed by atoms with E-state index >= 15 is 0 Å². The number of carbonyl (C=O) groups is 1. The van der Waals surface area contributed by atoms with Crippen molar-refractivity contribution >= 4 is 17.2 Å². The minimum atomic E-state index is -1.12. The molecule has 30 heavy (non-hydrogen) atoms. The molecule has 3 aromatic rings. The van der Waals surface area contributed by atoms with Gasteiger partial charge in [-0.25, -0.2) is 4.79 Å². The molecule has 152 valence electrons. The molecule has 0 atom stereocenters. The summed E-state index contributed by atoms with van der Waals surface area (Å²) < 4.78 is 16.2. The van der Waals surface area contributed by atoms with Gasteiger partial charge in [0.2, 0.25) is 5.75 Å². The maximum absolute atomic E-state index is 11.4. The van der Waals surface area contributed by atoms with Gasteiger partial charge in [-0.3, -0.25) is 10.1 Å². The van der Waals surface area contributed by atoms with Crippen LogP contribution in [0.5, 0.6) is 23.0 Å². The third kappa shape index (κ3) is 4.93. The molecule has 0 bridgehead atoms. The summed E-state index contributed by atoms with van der Waals surface area (Å²) in [6, 6.07) is 19.2. The molecule has 0 aromatic heterocycles. The number of ether oxygens (including phenoxy) is 3. The number of benzene rings is 3. The van der Waals surface area contributed by atoms with Gasteiger partial charge in [0.15, 0.2) is 0 Å². The summed E-state index contributed by atoms with van der Waals surface area (Å²) >= 11 is 0. The molecule has 0 fully saturated rings. The third-order valence-electron chi connectivity index (χ3n) is 3.96. The Labute approximate surface area is 171 Å². The van der Waals surface area contributed by atoms with Gasteiger partial charge in [-0.05, 0) is 48.0 Å². The van der Waals surface area contributed by atoms with Crippen molar-refractivity contribution in [1.82, 2.24) is 0 Å². The number of nitro benzene ring substituents is 1. The van der Waals surface area contributed by atoms with Gasteiger partial charge < -0.3 is 19.3 Å². The minimum absolute atomic E-state index is 0.00356. The quantitative estimate of drug-likeness (QED) is 0.235. The number of aliphatic carboxylic acids is 1. The fraction of sp³-hybridized carbons (Fsp3) is 0.0455.